The van der Waals surface area contributed by atoms with Crippen molar-refractivity contribution in [2.24, 2.45) is 11.7 Å². The second-order valence-electron chi connectivity index (χ2n) is 9.97. The number of nitrogens with zero attached hydrogens (tertiary/aromatic N) is 1. The van der Waals surface area contributed by atoms with Gasteiger partial charge in [-0.1, -0.05) is 55.7 Å². The molecule has 1 amide bonds. The summed E-state index contributed by atoms with van der Waals surface area (Å²) in [5, 5.41) is 7.51. The molecule has 0 atom stereocenters. The number of carbonyl (C=O) groups is 2. The molecule has 0 radical (unpaired) electrons. The summed E-state index contributed by atoms with van der Waals surface area (Å²) >= 11 is 0. The van der Waals surface area contributed by atoms with Crippen LogP contribution >= 0.6 is 12.4 Å². The van der Waals surface area contributed by atoms with Gasteiger partial charge in [-0.2, -0.15) is 0 Å². The highest BCUT2D eigenvalue weighted by Gasteiger charge is 2.26. The molecule has 2 fully saturated rings. The number of hydrogen-bond donors (Lipinski definition) is 2. The molecule has 3 N–H and O–H groups in total. The summed E-state index contributed by atoms with van der Waals surface area (Å²) < 4.78 is 5.80. The Bertz CT molecular complexity index is 1010. The Hall–Kier alpha value is -2.86. The van der Waals surface area contributed by atoms with Crippen molar-refractivity contribution in [3.63, 3.8) is 0 Å². The maximum atomic E-state index is 13.0. The minimum Gasteiger partial charge on any atom is -0.462 e. The normalized spacial score (nSPS) is 17.4. The second kappa shape index (κ2) is 13.4. The predicted molar refractivity (Wildman–Crippen MR) is 146 cm³/mol. The van der Waals surface area contributed by atoms with Crippen molar-refractivity contribution >= 4 is 30.1 Å². The number of amidine groups is 1. The fraction of sp³-hybridized carbons (Fsp3) is 0.483. The molecule has 4 rings (SSSR count). The third kappa shape index (κ3) is 7.57. The summed E-state index contributed by atoms with van der Waals surface area (Å²) in [6.07, 6.45) is 10.4. The van der Waals surface area contributed by atoms with E-state index in [-0.39, 0.29) is 36.2 Å². The van der Waals surface area contributed by atoms with Crippen molar-refractivity contribution in [2.45, 2.75) is 70.3 Å². The van der Waals surface area contributed by atoms with E-state index in [4.69, 9.17) is 15.9 Å². The lowest BCUT2D eigenvalue weighted by molar-refractivity contribution is -0.151. The molecule has 6 nitrogen and oxygen atoms in total. The zero-order valence-corrected chi connectivity index (χ0v) is 21.7. The fourth-order valence-corrected chi connectivity index (χ4v) is 5.18. The number of benzene rings is 2. The topological polar surface area (TPSA) is 96.5 Å². The molecule has 1 aliphatic heterocycles. The third-order valence-corrected chi connectivity index (χ3v) is 7.37. The molecule has 0 spiro atoms. The first-order valence-electron chi connectivity index (χ1n) is 13.0. The largest absolute Gasteiger partial charge is 0.462 e. The number of nitrogens with one attached hydrogen (secondary N) is 1. The van der Waals surface area contributed by atoms with Crippen molar-refractivity contribution in [3.05, 3.63) is 59.7 Å². The van der Waals surface area contributed by atoms with Crippen LogP contribution in [0.2, 0.25) is 0 Å². The van der Waals surface area contributed by atoms with Gasteiger partial charge in [-0.05, 0) is 67.7 Å². The van der Waals surface area contributed by atoms with Gasteiger partial charge in [0, 0.05) is 30.6 Å². The lowest BCUT2D eigenvalue weighted by atomic mass is 9.93. The maximum Gasteiger partial charge on any atom is 0.306 e. The number of esters is 1. The van der Waals surface area contributed by atoms with Crippen LogP contribution in [-0.2, 0) is 9.53 Å². The number of amides is 1. The van der Waals surface area contributed by atoms with E-state index >= 15 is 0 Å². The first-order chi connectivity index (χ1) is 17.0. The SMILES string of the molecule is Cl.N=C(N)c1ccc(-c2ccc(C(=O)N3CCC(CC(=O)OC4CCCCCCC4)CC3)cc2)cc1. The van der Waals surface area contributed by atoms with Crippen LogP contribution in [0.3, 0.4) is 0 Å². The van der Waals surface area contributed by atoms with Gasteiger partial charge in [0.05, 0.1) is 0 Å². The zero-order valence-electron chi connectivity index (χ0n) is 20.9. The van der Waals surface area contributed by atoms with E-state index in [1.165, 1.54) is 19.3 Å². The van der Waals surface area contributed by atoms with Crippen LogP contribution in [0.15, 0.2) is 48.5 Å². The molecule has 2 aliphatic rings. The lowest BCUT2D eigenvalue weighted by Gasteiger charge is -2.32. The zero-order chi connectivity index (χ0) is 24.6. The second-order valence-corrected chi connectivity index (χ2v) is 9.97. The molecule has 36 heavy (non-hydrogen) atoms. The van der Waals surface area contributed by atoms with Crippen molar-refractivity contribution in [1.82, 2.24) is 4.90 Å². The number of hydrogen-bond acceptors (Lipinski definition) is 4. The fourth-order valence-electron chi connectivity index (χ4n) is 5.18. The number of carbonyl (C=O) groups excluding carboxylic acids is 2. The molecule has 1 saturated carbocycles. The number of piperidine rings is 1. The maximum absolute atomic E-state index is 13.0. The van der Waals surface area contributed by atoms with Gasteiger partial charge in [-0.3, -0.25) is 15.0 Å². The van der Waals surface area contributed by atoms with Crippen LogP contribution in [0.5, 0.6) is 0 Å². The highest BCUT2D eigenvalue weighted by Crippen LogP contribution is 2.26. The Morgan fingerprint density at radius 3 is 1.83 bits per heavy atom. The van der Waals surface area contributed by atoms with Crippen LogP contribution < -0.4 is 5.73 Å². The number of nitrogen functional groups attached to an aromatic ring is 1. The van der Waals surface area contributed by atoms with E-state index in [0.29, 0.717) is 36.6 Å². The van der Waals surface area contributed by atoms with Gasteiger partial charge < -0.3 is 15.4 Å². The van der Waals surface area contributed by atoms with E-state index in [1.54, 1.807) is 0 Å². The van der Waals surface area contributed by atoms with Gasteiger partial charge in [0.1, 0.15) is 11.9 Å². The molecule has 0 unspecified atom stereocenters. The summed E-state index contributed by atoms with van der Waals surface area (Å²) in [6.45, 7) is 1.35. The van der Waals surface area contributed by atoms with Crippen molar-refractivity contribution in [1.29, 1.82) is 5.41 Å². The van der Waals surface area contributed by atoms with Crippen LogP contribution in [-0.4, -0.2) is 41.8 Å². The van der Waals surface area contributed by atoms with E-state index in [1.807, 2.05) is 53.4 Å². The average Bonchev–Trinajstić information content (AvgIpc) is 2.86. The molecule has 0 bridgehead atoms. The quantitative estimate of drug-likeness (QED) is 0.284. The third-order valence-electron chi connectivity index (χ3n) is 7.37. The van der Waals surface area contributed by atoms with E-state index < -0.39 is 0 Å². The van der Waals surface area contributed by atoms with Crippen LogP contribution in [0.1, 0.15) is 80.1 Å². The minimum absolute atomic E-state index is 0. The van der Waals surface area contributed by atoms with Gasteiger partial charge in [0.15, 0.2) is 0 Å². The summed E-state index contributed by atoms with van der Waals surface area (Å²) in [5.74, 6) is 0.319. The number of nitrogens with two attached hydrogens (primary N) is 1. The Morgan fingerprint density at radius 2 is 1.31 bits per heavy atom. The number of ether oxygens (including phenoxy) is 1. The van der Waals surface area contributed by atoms with Crippen molar-refractivity contribution < 1.29 is 14.3 Å². The van der Waals surface area contributed by atoms with E-state index in [0.717, 1.165) is 49.7 Å². The summed E-state index contributed by atoms with van der Waals surface area (Å²) in [5.41, 5.74) is 8.92. The molecule has 2 aromatic carbocycles. The van der Waals surface area contributed by atoms with Crippen molar-refractivity contribution in [2.75, 3.05) is 13.1 Å². The summed E-state index contributed by atoms with van der Waals surface area (Å²) in [7, 11) is 0. The van der Waals surface area contributed by atoms with Crippen molar-refractivity contribution in [3.8, 4) is 11.1 Å². The Morgan fingerprint density at radius 1 is 0.806 bits per heavy atom. The van der Waals surface area contributed by atoms with E-state index in [9.17, 15) is 9.59 Å². The van der Waals surface area contributed by atoms with Crippen LogP contribution in [0.25, 0.3) is 11.1 Å². The van der Waals surface area contributed by atoms with Gasteiger partial charge >= 0.3 is 5.97 Å². The standard InChI is InChI=1S/C29H37N3O3.ClH/c30-28(31)24-12-8-22(9-13-24)23-10-14-25(15-11-23)29(34)32-18-16-21(17-19-32)20-27(33)35-26-6-4-2-1-3-5-7-26;/h8-15,21,26H,1-7,16-20H2,(H3,30,31);1H. The molecule has 2 aromatic rings. The molecule has 7 heteroatoms. The number of likely N-dealkylation sites (tertiary alicyclic amines) is 1. The molecule has 1 heterocycles. The van der Waals surface area contributed by atoms with Gasteiger partial charge in [-0.25, -0.2) is 0 Å². The summed E-state index contributed by atoms with van der Waals surface area (Å²) in [4.78, 5) is 27.4. The predicted octanol–water partition coefficient (Wildman–Crippen LogP) is 5.96. The van der Waals surface area contributed by atoms with Gasteiger partial charge in [0.2, 0.25) is 0 Å². The first-order valence-corrected chi connectivity index (χ1v) is 13.0. The molecular weight excluding hydrogens is 474 g/mol. The molecule has 1 saturated heterocycles. The average molecular weight is 512 g/mol. The molecule has 1 aliphatic carbocycles. The summed E-state index contributed by atoms with van der Waals surface area (Å²) in [6, 6.07) is 15.2. The van der Waals surface area contributed by atoms with Crippen LogP contribution in [0.4, 0.5) is 0 Å². The smallest absolute Gasteiger partial charge is 0.306 e. The van der Waals surface area contributed by atoms with Gasteiger partial charge in [-0.15, -0.1) is 12.4 Å². The minimum atomic E-state index is -0.0627. The highest BCUT2D eigenvalue weighted by atomic mass is 35.5. The number of rotatable bonds is 6. The first kappa shape index (κ1) is 27.7. The molecular formula is C29H38ClN3O3. The monoisotopic (exact) mass is 511 g/mol. The van der Waals surface area contributed by atoms with Gasteiger partial charge in [0.25, 0.3) is 5.91 Å². The molecule has 194 valence electrons. The number of halogens is 1. The Balaban J connectivity index is 0.00000361. The lowest BCUT2D eigenvalue weighted by Crippen LogP contribution is -2.39. The Kier molecular flexibility index (Phi) is 10.4. The van der Waals surface area contributed by atoms with Crippen LogP contribution in [0, 0.1) is 11.3 Å². The molecule has 0 aromatic heterocycles. The van der Waals surface area contributed by atoms with E-state index in [2.05, 4.69) is 0 Å². The highest BCUT2D eigenvalue weighted by molar-refractivity contribution is 5.96. The Labute approximate surface area is 220 Å².